The third-order valence-corrected chi connectivity index (χ3v) is 4.42. The molecule has 2 heterocycles. The molecule has 0 saturated carbocycles. The molecule has 0 aliphatic carbocycles. The van der Waals surface area contributed by atoms with Crippen molar-refractivity contribution >= 4 is 23.4 Å². The van der Waals surface area contributed by atoms with Crippen LogP contribution >= 0.6 is 11.8 Å². The number of nitrogens with zero attached hydrogens (tertiary/aromatic N) is 2. The summed E-state index contributed by atoms with van der Waals surface area (Å²) >= 11 is 1.89. The fourth-order valence-electron chi connectivity index (χ4n) is 2.23. The molecule has 1 fully saturated rings. The van der Waals surface area contributed by atoms with Crippen molar-refractivity contribution in [1.82, 2.24) is 15.1 Å². The molecule has 5 nitrogen and oxygen atoms in total. The highest BCUT2D eigenvalue weighted by Gasteiger charge is 2.22. The summed E-state index contributed by atoms with van der Waals surface area (Å²) in [4.78, 5) is 12.2. The Labute approximate surface area is 111 Å². The van der Waals surface area contributed by atoms with Crippen molar-refractivity contribution in [3.63, 3.8) is 0 Å². The minimum Gasteiger partial charge on any atom is -0.395 e. The molecule has 1 aromatic heterocycles. The number of amides is 1. The lowest BCUT2D eigenvalue weighted by atomic mass is 10.1. The zero-order valence-corrected chi connectivity index (χ0v) is 11.7. The van der Waals surface area contributed by atoms with E-state index in [1.165, 1.54) is 5.75 Å². The number of nitrogen functional groups attached to an aromatic ring is 1. The Balaban J connectivity index is 2.10. The number of aromatic nitrogens is 2. The van der Waals surface area contributed by atoms with Gasteiger partial charge in [0.05, 0.1) is 11.4 Å². The van der Waals surface area contributed by atoms with E-state index in [9.17, 15) is 4.79 Å². The summed E-state index contributed by atoms with van der Waals surface area (Å²) in [5, 5.41) is 7.32. The Morgan fingerprint density at radius 1 is 1.67 bits per heavy atom. The molecule has 0 spiro atoms. The Kier molecular flexibility index (Phi) is 4.16. The number of aryl methyl sites for hydroxylation is 2. The van der Waals surface area contributed by atoms with Crippen LogP contribution in [0.2, 0.25) is 0 Å². The molecule has 100 valence electrons. The van der Waals surface area contributed by atoms with Crippen molar-refractivity contribution in [2.45, 2.75) is 32.2 Å². The van der Waals surface area contributed by atoms with Gasteiger partial charge in [-0.25, -0.2) is 0 Å². The normalized spacial score (nSPS) is 19.8. The van der Waals surface area contributed by atoms with Gasteiger partial charge in [-0.2, -0.15) is 16.9 Å². The van der Waals surface area contributed by atoms with E-state index in [0.29, 0.717) is 11.4 Å². The maximum atomic E-state index is 12.2. The first-order chi connectivity index (χ1) is 8.63. The van der Waals surface area contributed by atoms with E-state index in [1.807, 2.05) is 18.7 Å². The number of hydrogen-bond donors (Lipinski definition) is 2. The molecular weight excluding hydrogens is 248 g/mol. The highest BCUT2D eigenvalue weighted by Crippen LogP contribution is 2.20. The number of rotatable bonds is 3. The van der Waals surface area contributed by atoms with Crippen LogP contribution in [0.3, 0.4) is 0 Å². The highest BCUT2D eigenvalue weighted by molar-refractivity contribution is 7.99. The first-order valence-electron chi connectivity index (χ1n) is 6.33. The van der Waals surface area contributed by atoms with E-state index in [-0.39, 0.29) is 11.9 Å². The summed E-state index contributed by atoms with van der Waals surface area (Å²) in [7, 11) is 1.76. The van der Waals surface area contributed by atoms with Crippen LogP contribution in [0.1, 0.15) is 35.9 Å². The molecule has 6 heteroatoms. The monoisotopic (exact) mass is 268 g/mol. The first-order valence-corrected chi connectivity index (χ1v) is 7.49. The van der Waals surface area contributed by atoms with Crippen LogP contribution in [0.4, 0.5) is 5.69 Å². The molecule has 1 saturated heterocycles. The van der Waals surface area contributed by atoms with Crippen LogP contribution in [0, 0.1) is 0 Å². The number of carbonyl (C=O) groups excluding carboxylic acids is 1. The summed E-state index contributed by atoms with van der Waals surface area (Å²) in [6.07, 6.45) is 2.96. The maximum Gasteiger partial charge on any atom is 0.271 e. The number of anilines is 1. The average molecular weight is 268 g/mol. The second-order valence-corrected chi connectivity index (χ2v) is 5.72. The molecule has 1 aliphatic heterocycles. The average Bonchev–Trinajstić information content (AvgIpc) is 2.65. The predicted molar refractivity (Wildman–Crippen MR) is 74.8 cm³/mol. The molecule has 3 N–H and O–H groups in total. The Morgan fingerprint density at radius 2 is 2.44 bits per heavy atom. The largest absolute Gasteiger partial charge is 0.395 e. The van der Waals surface area contributed by atoms with Gasteiger partial charge in [0.2, 0.25) is 0 Å². The molecular formula is C12H20N4OS. The van der Waals surface area contributed by atoms with Gasteiger partial charge >= 0.3 is 0 Å². The molecule has 18 heavy (non-hydrogen) atoms. The van der Waals surface area contributed by atoms with Gasteiger partial charge in [-0.15, -0.1) is 0 Å². The number of carbonyl (C=O) groups is 1. The molecule has 0 bridgehead atoms. The number of hydrogen-bond acceptors (Lipinski definition) is 4. The summed E-state index contributed by atoms with van der Waals surface area (Å²) < 4.78 is 1.58. The van der Waals surface area contributed by atoms with Gasteiger partial charge < -0.3 is 11.1 Å². The Hall–Kier alpha value is -1.17. The molecule has 2 rings (SSSR count). The van der Waals surface area contributed by atoms with Gasteiger partial charge in [-0.3, -0.25) is 9.48 Å². The standard InChI is InChI=1S/C12H20N4OS/c1-3-9-10(13)11(16(2)15-9)12(17)14-8-5-4-6-18-7-8/h8H,3-7,13H2,1-2H3,(H,14,17). The van der Waals surface area contributed by atoms with E-state index in [0.717, 1.165) is 30.7 Å². The zero-order chi connectivity index (χ0) is 13.1. The minimum atomic E-state index is -0.102. The second kappa shape index (κ2) is 5.65. The topological polar surface area (TPSA) is 72.9 Å². The smallest absolute Gasteiger partial charge is 0.271 e. The van der Waals surface area contributed by atoms with Crippen LogP contribution in [0.25, 0.3) is 0 Å². The van der Waals surface area contributed by atoms with E-state index < -0.39 is 0 Å². The van der Waals surface area contributed by atoms with Crippen molar-refractivity contribution < 1.29 is 4.79 Å². The lowest BCUT2D eigenvalue weighted by Crippen LogP contribution is -2.39. The van der Waals surface area contributed by atoms with E-state index in [1.54, 1.807) is 11.7 Å². The summed E-state index contributed by atoms with van der Waals surface area (Å²) in [5.74, 6) is 2.08. The summed E-state index contributed by atoms with van der Waals surface area (Å²) in [5.41, 5.74) is 7.77. The SMILES string of the molecule is CCc1nn(C)c(C(=O)NC2CCCSC2)c1N. The molecule has 1 aliphatic rings. The third kappa shape index (κ3) is 2.63. The Bertz CT molecular complexity index is 438. The number of nitrogens with two attached hydrogens (primary N) is 1. The molecule has 1 aromatic rings. The third-order valence-electron chi connectivity index (χ3n) is 3.21. The van der Waals surface area contributed by atoms with Gasteiger partial charge in [-0.05, 0) is 25.0 Å². The van der Waals surface area contributed by atoms with E-state index in [4.69, 9.17) is 5.73 Å². The molecule has 0 aromatic carbocycles. The maximum absolute atomic E-state index is 12.2. The summed E-state index contributed by atoms with van der Waals surface area (Å²) in [6.45, 7) is 1.98. The highest BCUT2D eigenvalue weighted by atomic mass is 32.2. The van der Waals surface area contributed by atoms with E-state index in [2.05, 4.69) is 10.4 Å². The van der Waals surface area contributed by atoms with Crippen molar-refractivity contribution in [2.75, 3.05) is 17.2 Å². The van der Waals surface area contributed by atoms with Crippen LogP contribution in [0.15, 0.2) is 0 Å². The van der Waals surface area contributed by atoms with Crippen LogP contribution in [-0.4, -0.2) is 33.2 Å². The predicted octanol–water partition coefficient (Wildman–Crippen LogP) is 1.19. The molecule has 1 atom stereocenters. The van der Waals surface area contributed by atoms with Gasteiger partial charge in [-0.1, -0.05) is 6.92 Å². The quantitative estimate of drug-likeness (QED) is 0.863. The van der Waals surface area contributed by atoms with Gasteiger partial charge in [0.15, 0.2) is 0 Å². The lowest BCUT2D eigenvalue weighted by molar-refractivity contribution is 0.0930. The van der Waals surface area contributed by atoms with Crippen molar-refractivity contribution in [3.05, 3.63) is 11.4 Å². The summed E-state index contributed by atoms with van der Waals surface area (Å²) in [6, 6.07) is 0.260. The first kappa shape index (κ1) is 13.3. The second-order valence-electron chi connectivity index (χ2n) is 4.57. The van der Waals surface area contributed by atoms with Crippen LogP contribution < -0.4 is 11.1 Å². The molecule has 1 unspecified atom stereocenters. The Morgan fingerprint density at radius 3 is 3.00 bits per heavy atom. The lowest BCUT2D eigenvalue weighted by Gasteiger charge is -2.22. The number of thioether (sulfide) groups is 1. The zero-order valence-electron chi connectivity index (χ0n) is 10.9. The van der Waals surface area contributed by atoms with Crippen molar-refractivity contribution in [3.8, 4) is 0 Å². The van der Waals surface area contributed by atoms with Gasteiger partial charge in [0, 0.05) is 18.8 Å². The minimum absolute atomic E-state index is 0.102. The molecule has 1 amide bonds. The number of nitrogens with one attached hydrogen (secondary N) is 1. The van der Waals surface area contributed by atoms with Crippen molar-refractivity contribution in [2.24, 2.45) is 7.05 Å². The fraction of sp³-hybridized carbons (Fsp3) is 0.667. The van der Waals surface area contributed by atoms with Gasteiger partial charge in [0.1, 0.15) is 5.69 Å². The molecule has 0 radical (unpaired) electrons. The van der Waals surface area contributed by atoms with E-state index >= 15 is 0 Å². The van der Waals surface area contributed by atoms with Crippen LogP contribution in [0.5, 0.6) is 0 Å². The van der Waals surface area contributed by atoms with Crippen molar-refractivity contribution in [1.29, 1.82) is 0 Å². The van der Waals surface area contributed by atoms with Crippen LogP contribution in [-0.2, 0) is 13.5 Å². The fourth-order valence-corrected chi connectivity index (χ4v) is 3.31. The van der Waals surface area contributed by atoms with Gasteiger partial charge in [0.25, 0.3) is 5.91 Å².